The molecule has 346 valence electrons. The highest BCUT2D eigenvalue weighted by molar-refractivity contribution is 7.02. The van der Waals surface area contributed by atoms with E-state index in [2.05, 4.69) is 287 Å². The van der Waals surface area contributed by atoms with Crippen LogP contribution in [-0.2, 0) is 0 Å². The van der Waals surface area contributed by atoms with Gasteiger partial charge in [-0.25, -0.2) is 0 Å². The Hall–Kier alpha value is -9.65. The lowest BCUT2D eigenvalue weighted by molar-refractivity contribution is 0.487. The second-order valence-electron chi connectivity index (χ2n) is 19.2. The summed E-state index contributed by atoms with van der Waals surface area (Å²) in [6.45, 7) is -0.287. The Bertz CT molecular complexity index is 3610. The maximum absolute atomic E-state index is 7.15. The first kappa shape index (κ1) is 42.1. The van der Waals surface area contributed by atoms with Gasteiger partial charge in [-0.3, -0.25) is 0 Å². The first-order valence-corrected chi connectivity index (χ1v) is 25.3. The van der Waals surface area contributed by atoms with Crippen LogP contribution in [0.1, 0.15) is 0 Å². The molecule has 8 heteroatoms. The molecule has 0 fully saturated rings. The van der Waals surface area contributed by atoms with Crippen LogP contribution in [0.4, 0.5) is 68.2 Å². The molecule has 0 saturated carbocycles. The maximum atomic E-state index is 7.15. The molecule has 0 radical (unpaired) electrons. The number of rotatable bonds is 8. The fourth-order valence-corrected chi connectivity index (χ4v) is 12.0. The Balaban J connectivity index is 1.03. The fourth-order valence-electron chi connectivity index (χ4n) is 12.0. The van der Waals surface area contributed by atoms with E-state index in [1.54, 1.807) is 0 Å². The number of hydrogen-bond acceptors (Lipinski definition) is 6. The molecule has 0 aromatic heterocycles. The molecular formula is C66H44B2N4O2. The molecule has 15 rings (SSSR count). The molecule has 6 nitrogen and oxygen atoms in total. The van der Waals surface area contributed by atoms with E-state index in [1.807, 2.05) is 0 Å². The lowest BCUT2D eigenvalue weighted by Crippen LogP contribution is -2.63. The standard InChI is InChI=1S/C66H44B2N4O2/c1-7-23-45(24-8-1)69(46-25-9-2-10-26-46)51-39-59-65-63(41-51)73-61-37-21-19-35-53(61)67(65)55-43-56-58(44-57(55)71(59)49-31-15-5-16-32-49)72(50-33-17-6-18-34-50)60-40-52(42-64-66(60)68(56)54-36-20-22-38-62(54)74-64)70(47-27-11-3-12-28-47)48-29-13-4-14-30-48/h1-44H. The summed E-state index contributed by atoms with van der Waals surface area (Å²) in [7, 11) is 0. The minimum absolute atomic E-state index is 0.144. The van der Waals surface area contributed by atoms with E-state index in [4.69, 9.17) is 9.47 Å². The smallest absolute Gasteiger partial charge is 0.256 e. The SMILES string of the molecule is c1ccc(N(c2ccccc2)c2cc3c4c(c2)N(c2ccccc2)c2cc5c(cc2B4c2ccccc2O3)B2c3ccccc3Oc3cc(N(c4ccccc4)c4ccccc4)cc(c32)N5c2ccccc2)cc1. The van der Waals surface area contributed by atoms with E-state index in [0.29, 0.717) is 0 Å². The van der Waals surface area contributed by atoms with Crippen LogP contribution in [0.2, 0.25) is 0 Å². The molecule has 4 aliphatic heterocycles. The van der Waals surface area contributed by atoms with E-state index < -0.39 is 0 Å². The second-order valence-corrected chi connectivity index (χ2v) is 19.2. The maximum Gasteiger partial charge on any atom is 0.256 e. The van der Waals surface area contributed by atoms with Crippen molar-refractivity contribution in [1.82, 2.24) is 0 Å². The van der Waals surface area contributed by atoms with Crippen molar-refractivity contribution in [2.75, 3.05) is 19.6 Å². The van der Waals surface area contributed by atoms with Crippen molar-refractivity contribution in [2.45, 2.75) is 0 Å². The summed E-state index contributed by atoms with van der Waals surface area (Å²) in [6.07, 6.45) is 0. The van der Waals surface area contributed by atoms with Crippen LogP contribution >= 0.6 is 0 Å². The van der Waals surface area contributed by atoms with Gasteiger partial charge in [-0.1, -0.05) is 152 Å². The van der Waals surface area contributed by atoms with Crippen LogP contribution in [-0.4, -0.2) is 13.4 Å². The van der Waals surface area contributed by atoms with Gasteiger partial charge in [0.25, 0.3) is 13.4 Å². The van der Waals surface area contributed by atoms with Crippen molar-refractivity contribution in [2.24, 2.45) is 0 Å². The van der Waals surface area contributed by atoms with Crippen molar-refractivity contribution in [3.05, 3.63) is 267 Å². The molecule has 0 aliphatic carbocycles. The van der Waals surface area contributed by atoms with Crippen molar-refractivity contribution < 1.29 is 9.47 Å². The molecule has 0 amide bonds. The summed E-state index contributed by atoms with van der Waals surface area (Å²) in [4.78, 5) is 9.62. The Labute approximate surface area is 431 Å². The molecule has 74 heavy (non-hydrogen) atoms. The predicted octanol–water partition coefficient (Wildman–Crippen LogP) is 13.4. The Morgan fingerprint density at radius 3 is 0.946 bits per heavy atom. The molecule has 0 N–H and O–H groups in total. The third-order valence-electron chi connectivity index (χ3n) is 15.1. The molecule has 0 unspecified atom stereocenters. The van der Waals surface area contributed by atoms with Crippen LogP contribution < -0.4 is 61.9 Å². The van der Waals surface area contributed by atoms with Gasteiger partial charge in [0.1, 0.15) is 23.0 Å². The van der Waals surface area contributed by atoms with E-state index in [0.717, 1.165) is 113 Å². The molecule has 0 saturated heterocycles. The summed E-state index contributed by atoms with van der Waals surface area (Å²) in [5.74, 6) is 3.40. The number of hydrogen-bond donors (Lipinski definition) is 0. The van der Waals surface area contributed by atoms with Gasteiger partial charge in [0.2, 0.25) is 0 Å². The Kier molecular flexibility index (Phi) is 9.67. The minimum Gasteiger partial charge on any atom is -0.458 e. The van der Waals surface area contributed by atoms with E-state index in [9.17, 15) is 0 Å². The zero-order chi connectivity index (χ0) is 48.7. The minimum atomic E-state index is -0.144. The number of nitrogens with zero attached hydrogens (tertiary/aromatic N) is 4. The number of fused-ring (bicyclic) bond motifs is 8. The topological polar surface area (TPSA) is 31.4 Å². The van der Waals surface area contributed by atoms with Gasteiger partial charge < -0.3 is 29.1 Å². The average molecular weight is 947 g/mol. The monoisotopic (exact) mass is 946 g/mol. The summed E-state index contributed by atoms with van der Waals surface area (Å²) in [6, 6.07) is 95.6. The summed E-state index contributed by atoms with van der Waals surface area (Å²) >= 11 is 0. The van der Waals surface area contributed by atoms with E-state index >= 15 is 0 Å². The zero-order valence-corrected chi connectivity index (χ0v) is 40.2. The zero-order valence-electron chi connectivity index (χ0n) is 40.2. The van der Waals surface area contributed by atoms with Crippen LogP contribution in [0.3, 0.4) is 0 Å². The molecule has 0 spiro atoms. The van der Waals surface area contributed by atoms with Gasteiger partial charge in [0.15, 0.2) is 0 Å². The third kappa shape index (κ3) is 6.62. The predicted molar refractivity (Wildman–Crippen MR) is 308 cm³/mol. The van der Waals surface area contributed by atoms with Gasteiger partial charge in [-0.05, 0) is 136 Å². The fraction of sp³-hybridized carbons (Fsp3) is 0. The third-order valence-corrected chi connectivity index (χ3v) is 15.1. The second kappa shape index (κ2) is 17.0. The number of para-hydroxylation sites is 8. The quantitative estimate of drug-likeness (QED) is 0.141. The molecule has 0 bridgehead atoms. The van der Waals surface area contributed by atoms with Crippen LogP contribution in [0.5, 0.6) is 23.0 Å². The lowest BCUT2D eigenvalue weighted by atomic mass is 9.31. The molecular weight excluding hydrogens is 902 g/mol. The highest BCUT2D eigenvalue weighted by atomic mass is 16.5. The number of anilines is 12. The molecule has 4 heterocycles. The van der Waals surface area contributed by atoms with Crippen molar-refractivity contribution >= 4 is 114 Å². The molecule has 11 aromatic rings. The Morgan fingerprint density at radius 1 is 0.257 bits per heavy atom. The summed E-state index contributed by atoms with van der Waals surface area (Å²) in [5, 5.41) is 0. The van der Waals surface area contributed by atoms with Gasteiger partial charge in [-0.2, -0.15) is 0 Å². The van der Waals surface area contributed by atoms with Gasteiger partial charge in [-0.15, -0.1) is 0 Å². The highest BCUT2D eigenvalue weighted by Crippen LogP contribution is 2.50. The Morgan fingerprint density at radius 2 is 0.581 bits per heavy atom. The summed E-state index contributed by atoms with van der Waals surface area (Å²) in [5.41, 5.74) is 19.7. The van der Waals surface area contributed by atoms with Crippen LogP contribution in [0.15, 0.2) is 267 Å². The normalized spacial score (nSPS) is 13.0. The van der Waals surface area contributed by atoms with Crippen LogP contribution in [0.25, 0.3) is 0 Å². The van der Waals surface area contributed by atoms with Gasteiger partial charge >= 0.3 is 0 Å². The van der Waals surface area contributed by atoms with Crippen LogP contribution in [0, 0.1) is 0 Å². The first-order valence-electron chi connectivity index (χ1n) is 25.3. The molecule has 4 aliphatic rings. The highest BCUT2D eigenvalue weighted by Gasteiger charge is 2.47. The number of ether oxygens (including phenoxy) is 2. The molecule has 11 aromatic carbocycles. The van der Waals surface area contributed by atoms with E-state index in [-0.39, 0.29) is 13.4 Å². The van der Waals surface area contributed by atoms with Crippen molar-refractivity contribution in [3.63, 3.8) is 0 Å². The first-order chi connectivity index (χ1) is 36.7. The number of benzene rings is 11. The average Bonchev–Trinajstić information content (AvgIpc) is 3.51. The lowest BCUT2D eigenvalue weighted by Gasteiger charge is -2.45. The van der Waals surface area contributed by atoms with Gasteiger partial charge in [0.05, 0.1) is 11.4 Å². The van der Waals surface area contributed by atoms with Gasteiger partial charge in [0, 0.05) is 69.0 Å². The van der Waals surface area contributed by atoms with Crippen molar-refractivity contribution in [3.8, 4) is 23.0 Å². The van der Waals surface area contributed by atoms with Crippen molar-refractivity contribution in [1.29, 1.82) is 0 Å². The summed E-state index contributed by atoms with van der Waals surface area (Å²) < 4.78 is 14.3. The largest absolute Gasteiger partial charge is 0.458 e. The van der Waals surface area contributed by atoms with E-state index in [1.165, 1.54) is 10.9 Å². The molecule has 0 atom stereocenters.